The second-order valence-corrected chi connectivity index (χ2v) is 5.03. The molecule has 20 heavy (non-hydrogen) atoms. The molecule has 1 aliphatic heterocycles. The fourth-order valence-corrected chi connectivity index (χ4v) is 2.39. The molecule has 1 atom stereocenters. The van der Waals surface area contributed by atoms with Gasteiger partial charge in [-0.15, -0.1) is 0 Å². The lowest BCUT2D eigenvalue weighted by atomic mass is 10.0. The van der Waals surface area contributed by atoms with Gasteiger partial charge in [-0.1, -0.05) is 29.8 Å². The van der Waals surface area contributed by atoms with Crippen LogP contribution in [0.3, 0.4) is 0 Å². The van der Waals surface area contributed by atoms with E-state index in [2.05, 4.69) is 5.32 Å². The summed E-state index contributed by atoms with van der Waals surface area (Å²) in [4.78, 5) is 12.3. The number of amides is 1. The Bertz CT molecular complexity index is 673. The highest BCUT2D eigenvalue weighted by atomic mass is 35.5. The van der Waals surface area contributed by atoms with Crippen LogP contribution in [-0.2, 0) is 4.79 Å². The summed E-state index contributed by atoms with van der Waals surface area (Å²) in [6, 6.07) is 12.6. The van der Waals surface area contributed by atoms with Crippen LogP contribution in [0.25, 0.3) is 0 Å². The number of fused-ring (bicyclic) bond motifs is 1. The molecule has 0 aliphatic carbocycles. The second-order valence-electron chi connectivity index (χ2n) is 4.63. The minimum absolute atomic E-state index is 0.115. The van der Waals surface area contributed by atoms with E-state index in [1.165, 1.54) is 0 Å². The van der Waals surface area contributed by atoms with Crippen LogP contribution in [0, 0.1) is 0 Å². The van der Waals surface area contributed by atoms with Gasteiger partial charge < -0.3 is 15.8 Å². The van der Waals surface area contributed by atoms with Gasteiger partial charge >= 0.3 is 0 Å². The van der Waals surface area contributed by atoms with Crippen molar-refractivity contribution in [3.63, 3.8) is 0 Å². The SMILES string of the molecule is Nc1ccc(NC(=O)C2COc3ccccc32)cc1Cl. The van der Waals surface area contributed by atoms with Crippen LogP contribution in [-0.4, -0.2) is 12.5 Å². The van der Waals surface area contributed by atoms with E-state index in [0.717, 1.165) is 11.3 Å². The number of nitrogens with one attached hydrogen (secondary N) is 1. The third-order valence-electron chi connectivity index (χ3n) is 3.28. The van der Waals surface area contributed by atoms with Crippen LogP contribution >= 0.6 is 11.6 Å². The predicted molar refractivity (Wildman–Crippen MR) is 79.2 cm³/mol. The maximum absolute atomic E-state index is 12.3. The molecule has 0 aromatic heterocycles. The Morgan fingerprint density at radius 1 is 1.30 bits per heavy atom. The number of nitrogens with two attached hydrogens (primary N) is 1. The molecule has 0 saturated carbocycles. The lowest BCUT2D eigenvalue weighted by Gasteiger charge is -2.11. The first-order valence-electron chi connectivity index (χ1n) is 6.23. The van der Waals surface area contributed by atoms with E-state index in [1.807, 2.05) is 24.3 Å². The van der Waals surface area contributed by atoms with Crippen molar-refractivity contribution in [1.29, 1.82) is 0 Å². The third kappa shape index (κ3) is 2.30. The van der Waals surface area contributed by atoms with Gasteiger partial charge in [-0.2, -0.15) is 0 Å². The molecule has 2 aromatic rings. The summed E-state index contributed by atoms with van der Waals surface area (Å²) < 4.78 is 5.51. The zero-order valence-corrected chi connectivity index (χ0v) is 11.4. The van der Waals surface area contributed by atoms with Crippen LogP contribution < -0.4 is 15.8 Å². The molecule has 0 saturated heterocycles. The first-order valence-corrected chi connectivity index (χ1v) is 6.60. The quantitative estimate of drug-likeness (QED) is 0.835. The van der Waals surface area contributed by atoms with Crippen LogP contribution in [0.2, 0.25) is 5.02 Å². The molecule has 2 aromatic carbocycles. The zero-order chi connectivity index (χ0) is 14.1. The van der Waals surface area contributed by atoms with E-state index in [9.17, 15) is 4.79 Å². The minimum atomic E-state index is -0.303. The van der Waals surface area contributed by atoms with Gasteiger partial charge in [0.05, 0.1) is 10.7 Å². The van der Waals surface area contributed by atoms with Gasteiger partial charge in [-0.05, 0) is 24.3 Å². The van der Waals surface area contributed by atoms with Gasteiger partial charge in [-0.25, -0.2) is 0 Å². The van der Waals surface area contributed by atoms with Gasteiger partial charge in [0.2, 0.25) is 5.91 Å². The third-order valence-corrected chi connectivity index (χ3v) is 3.61. The van der Waals surface area contributed by atoms with Crippen LogP contribution in [0.4, 0.5) is 11.4 Å². The van der Waals surface area contributed by atoms with Gasteiger partial charge in [0.1, 0.15) is 18.3 Å². The maximum Gasteiger partial charge on any atom is 0.235 e. The maximum atomic E-state index is 12.3. The molecule has 0 bridgehead atoms. The van der Waals surface area contributed by atoms with Crippen molar-refractivity contribution in [2.75, 3.05) is 17.7 Å². The average Bonchev–Trinajstić information content (AvgIpc) is 2.87. The molecule has 0 radical (unpaired) electrons. The summed E-state index contributed by atoms with van der Waals surface area (Å²) in [6.07, 6.45) is 0. The van der Waals surface area contributed by atoms with Crippen molar-refractivity contribution < 1.29 is 9.53 Å². The Morgan fingerprint density at radius 3 is 2.90 bits per heavy atom. The van der Waals surface area contributed by atoms with Gasteiger partial charge in [0.15, 0.2) is 0 Å². The molecule has 0 fully saturated rings. The summed E-state index contributed by atoms with van der Waals surface area (Å²) in [7, 11) is 0. The topological polar surface area (TPSA) is 64.3 Å². The fourth-order valence-electron chi connectivity index (χ4n) is 2.21. The van der Waals surface area contributed by atoms with Gasteiger partial charge in [0.25, 0.3) is 0 Å². The summed E-state index contributed by atoms with van der Waals surface area (Å²) >= 11 is 5.94. The molecule has 1 heterocycles. The Morgan fingerprint density at radius 2 is 2.10 bits per heavy atom. The lowest BCUT2D eigenvalue weighted by Crippen LogP contribution is -2.22. The van der Waals surface area contributed by atoms with Gasteiger partial charge in [0, 0.05) is 11.3 Å². The Kier molecular flexibility index (Phi) is 3.24. The standard InChI is InChI=1S/C15H13ClN2O2/c16-12-7-9(5-6-13(12)17)18-15(19)11-8-20-14-4-2-1-3-10(11)14/h1-7,11H,8,17H2,(H,18,19). The second kappa shape index (κ2) is 5.06. The highest BCUT2D eigenvalue weighted by molar-refractivity contribution is 6.33. The molecule has 1 unspecified atom stereocenters. The van der Waals surface area contributed by atoms with E-state index >= 15 is 0 Å². The number of hydrogen-bond acceptors (Lipinski definition) is 3. The van der Waals surface area contributed by atoms with E-state index in [4.69, 9.17) is 22.1 Å². The Labute approximate surface area is 121 Å². The zero-order valence-electron chi connectivity index (χ0n) is 10.6. The molecule has 1 amide bonds. The van der Waals surface area contributed by atoms with E-state index in [0.29, 0.717) is 23.0 Å². The van der Waals surface area contributed by atoms with Crippen molar-refractivity contribution >= 4 is 28.9 Å². The largest absolute Gasteiger partial charge is 0.492 e. The average molecular weight is 289 g/mol. The molecule has 0 spiro atoms. The molecular formula is C15H13ClN2O2. The number of anilines is 2. The number of halogens is 1. The number of para-hydroxylation sites is 1. The van der Waals surface area contributed by atoms with Crippen molar-refractivity contribution in [3.05, 3.63) is 53.1 Å². The number of carbonyl (C=O) groups is 1. The molecule has 102 valence electrons. The van der Waals surface area contributed by atoms with Crippen LogP contribution in [0.5, 0.6) is 5.75 Å². The smallest absolute Gasteiger partial charge is 0.235 e. The number of benzene rings is 2. The number of hydrogen-bond donors (Lipinski definition) is 2. The molecule has 5 heteroatoms. The highest BCUT2D eigenvalue weighted by Crippen LogP contribution is 2.34. The monoisotopic (exact) mass is 288 g/mol. The normalized spacial score (nSPS) is 16.4. The molecular weight excluding hydrogens is 276 g/mol. The number of rotatable bonds is 2. The van der Waals surface area contributed by atoms with Crippen molar-refractivity contribution in [2.45, 2.75) is 5.92 Å². The van der Waals surface area contributed by atoms with E-state index in [-0.39, 0.29) is 11.8 Å². The Hall–Kier alpha value is -2.20. The Balaban J connectivity index is 1.79. The molecule has 3 rings (SSSR count). The lowest BCUT2D eigenvalue weighted by molar-refractivity contribution is -0.117. The first kappa shape index (κ1) is 12.8. The molecule has 4 nitrogen and oxygen atoms in total. The molecule has 1 aliphatic rings. The summed E-state index contributed by atoms with van der Waals surface area (Å²) in [6.45, 7) is 0.355. The van der Waals surface area contributed by atoms with Gasteiger partial charge in [-0.3, -0.25) is 4.79 Å². The van der Waals surface area contributed by atoms with Crippen LogP contribution in [0.15, 0.2) is 42.5 Å². The number of carbonyl (C=O) groups excluding carboxylic acids is 1. The summed E-state index contributed by atoms with van der Waals surface area (Å²) in [5.41, 5.74) is 7.66. The number of ether oxygens (including phenoxy) is 1. The van der Waals surface area contributed by atoms with Crippen molar-refractivity contribution in [3.8, 4) is 5.75 Å². The summed E-state index contributed by atoms with van der Waals surface area (Å²) in [5, 5.41) is 3.26. The fraction of sp³-hybridized carbons (Fsp3) is 0.133. The summed E-state index contributed by atoms with van der Waals surface area (Å²) in [5.74, 6) is 0.348. The van der Waals surface area contributed by atoms with E-state index in [1.54, 1.807) is 18.2 Å². The number of nitrogen functional groups attached to an aromatic ring is 1. The molecule has 3 N–H and O–H groups in total. The predicted octanol–water partition coefficient (Wildman–Crippen LogP) is 3.04. The van der Waals surface area contributed by atoms with Crippen molar-refractivity contribution in [2.24, 2.45) is 0 Å². The first-order chi connectivity index (χ1) is 9.65. The van der Waals surface area contributed by atoms with E-state index < -0.39 is 0 Å². The minimum Gasteiger partial charge on any atom is -0.492 e. The van der Waals surface area contributed by atoms with Crippen molar-refractivity contribution in [1.82, 2.24) is 0 Å². The van der Waals surface area contributed by atoms with Crippen LogP contribution in [0.1, 0.15) is 11.5 Å². The highest BCUT2D eigenvalue weighted by Gasteiger charge is 2.30.